The third-order valence-electron chi connectivity index (χ3n) is 14.4. The van der Waals surface area contributed by atoms with Gasteiger partial charge in [0, 0.05) is 61.1 Å². The molecule has 0 amide bonds. The summed E-state index contributed by atoms with van der Waals surface area (Å²) in [5.74, 6) is 1.49. The average Bonchev–Trinajstić information content (AvgIpc) is 3.40. The van der Waals surface area contributed by atoms with Crippen LogP contribution in [0, 0.1) is 13.8 Å². The van der Waals surface area contributed by atoms with Crippen LogP contribution in [0.2, 0.25) is 0 Å². The first kappa shape index (κ1) is 41.4. The number of aromatic nitrogens is 2. The third-order valence-corrected chi connectivity index (χ3v) is 14.4. The Labute approximate surface area is 399 Å². The van der Waals surface area contributed by atoms with Crippen LogP contribution in [0.5, 0.6) is 0 Å². The van der Waals surface area contributed by atoms with Gasteiger partial charge < -0.3 is 19.6 Å². The van der Waals surface area contributed by atoms with Crippen LogP contribution in [0.4, 0.5) is 23.0 Å². The number of fused-ring (bicyclic) bond motifs is 4. The van der Waals surface area contributed by atoms with Gasteiger partial charge in [-0.05, 0) is 109 Å². The summed E-state index contributed by atoms with van der Waals surface area (Å²) >= 11 is 0. The Hall–Kier alpha value is -8.03. The second kappa shape index (κ2) is 17.3. The standard InChI is InChI=1S/C61H52N6O/c1-41-25-29-49(30-26-41)66-55(45-17-5-3-6-18-45)57(64-37-33-43-15-9-11-21-47(43)39-64)53(51-23-13-35-62-60(51)66)59(68)54-52-24-14-36-63-61(52)67(50-31-27-42(2)28-32-50)56(46-19-7-4-8-20-46)58(54)65-38-34-44-16-10-12-22-48(44)40-65/h3-32,35-36,55-56H,33-34,37-40H2,1-2H3. The molecule has 0 saturated carbocycles. The van der Waals surface area contributed by atoms with Crippen molar-refractivity contribution in [1.29, 1.82) is 0 Å². The monoisotopic (exact) mass is 884 g/mol. The molecule has 2 atom stereocenters. The lowest BCUT2D eigenvalue weighted by Crippen LogP contribution is -2.43. The van der Waals surface area contributed by atoms with E-state index in [4.69, 9.17) is 9.97 Å². The van der Waals surface area contributed by atoms with E-state index in [1.54, 1.807) is 0 Å². The molecule has 6 heterocycles. The summed E-state index contributed by atoms with van der Waals surface area (Å²) < 4.78 is 0. The fraction of sp³-hybridized carbons (Fsp3) is 0.164. The first-order valence-corrected chi connectivity index (χ1v) is 23.9. The Morgan fingerprint density at radius 3 is 1.24 bits per heavy atom. The largest absolute Gasteiger partial charge is 0.368 e. The van der Waals surface area contributed by atoms with E-state index in [-0.39, 0.29) is 17.9 Å². The van der Waals surface area contributed by atoms with Crippen LogP contribution in [0.15, 0.2) is 206 Å². The second-order valence-corrected chi connectivity index (χ2v) is 18.5. The van der Waals surface area contributed by atoms with E-state index >= 15 is 4.79 Å². The molecule has 0 fully saturated rings. The van der Waals surface area contributed by atoms with Crippen LogP contribution >= 0.6 is 0 Å². The van der Waals surface area contributed by atoms with Crippen molar-refractivity contribution in [3.8, 4) is 0 Å². The topological polar surface area (TPSA) is 55.8 Å². The lowest BCUT2D eigenvalue weighted by molar-refractivity contribution is -0.109. The second-order valence-electron chi connectivity index (χ2n) is 18.5. The molecule has 12 rings (SSSR count). The number of pyridine rings is 2. The SMILES string of the molecule is Cc1ccc(N2c3ncccc3C(C(=O)C3=C(N4CCc5ccccc5C4)C(c4ccccc4)N(c4ccc(C)cc4)c4ncccc43)=C(N3CCc4ccccc4C3)C2c2ccccc2)cc1. The van der Waals surface area contributed by atoms with Gasteiger partial charge in [0.05, 0.1) is 22.5 Å². The van der Waals surface area contributed by atoms with E-state index in [2.05, 4.69) is 203 Å². The summed E-state index contributed by atoms with van der Waals surface area (Å²) in [6.07, 6.45) is 5.46. The number of allylic oxidation sites excluding steroid dienone is 2. The van der Waals surface area contributed by atoms with Gasteiger partial charge in [-0.25, -0.2) is 9.97 Å². The zero-order chi connectivity index (χ0) is 45.7. The van der Waals surface area contributed by atoms with Crippen molar-refractivity contribution in [2.75, 3.05) is 22.9 Å². The van der Waals surface area contributed by atoms with Gasteiger partial charge in [-0.3, -0.25) is 4.79 Å². The van der Waals surface area contributed by atoms with E-state index in [9.17, 15) is 0 Å². The number of ketones is 1. The average molecular weight is 885 g/mol. The molecule has 4 aliphatic rings. The van der Waals surface area contributed by atoms with Crippen molar-refractivity contribution in [3.63, 3.8) is 0 Å². The molecule has 7 heteroatoms. The molecule has 0 saturated heterocycles. The Morgan fingerprint density at radius 2 is 0.824 bits per heavy atom. The predicted octanol–water partition coefficient (Wildman–Crippen LogP) is 12.7. The van der Waals surface area contributed by atoms with Gasteiger partial charge in [-0.1, -0.05) is 145 Å². The number of anilines is 4. The van der Waals surface area contributed by atoms with Crippen molar-refractivity contribution in [3.05, 3.63) is 261 Å². The molecule has 0 N–H and O–H groups in total. The highest BCUT2D eigenvalue weighted by Gasteiger charge is 2.47. The third kappa shape index (κ3) is 7.17. The van der Waals surface area contributed by atoms with E-state index in [0.717, 1.165) is 82.6 Å². The van der Waals surface area contributed by atoms with Gasteiger partial charge in [0.25, 0.3) is 0 Å². The van der Waals surface area contributed by atoms with Gasteiger partial charge in [-0.15, -0.1) is 0 Å². The van der Waals surface area contributed by atoms with Gasteiger partial charge in [0.2, 0.25) is 0 Å². The summed E-state index contributed by atoms with van der Waals surface area (Å²) in [5, 5.41) is 0. The minimum atomic E-state index is -0.387. The number of carbonyl (C=O) groups excluding carboxylic acids is 1. The summed E-state index contributed by atoms with van der Waals surface area (Å²) in [4.78, 5) is 37.6. The summed E-state index contributed by atoms with van der Waals surface area (Å²) in [7, 11) is 0. The number of hydrogen-bond donors (Lipinski definition) is 0. The lowest BCUT2D eigenvalue weighted by atomic mass is 9.79. The number of benzene rings is 6. The van der Waals surface area contributed by atoms with E-state index in [1.807, 2.05) is 24.5 Å². The number of nitrogens with zero attached hydrogens (tertiary/aromatic N) is 6. The van der Waals surface area contributed by atoms with Crippen molar-refractivity contribution < 1.29 is 4.79 Å². The van der Waals surface area contributed by atoms with Crippen LogP contribution in [-0.2, 0) is 30.7 Å². The molecule has 7 nitrogen and oxygen atoms in total. The molecule has 2 unspecified atom stereocenters. The number of Topliss-reactive ketones (excluding diaryl/α,β-unsaturated/α-hetero) is 1. The van der Waals surface area contributed by atoms with Crippen LogP contribution in [0.25, 0.3) is 11.1 Å². The van der Waals surface area contributed by atoms with Crippen molar-refractivity contribution in [2.24, 2.45) is 0 Å². The summed E-state index contributed by atoms with van der Waals surface area (Å²) in [6, 6.07) is 63.9. The molecule has 0 bridgehead atoms. The van der Waals surface area contributed by atoms with Crippen LogP contribution in [-0.4, -0.2) is 38.6 Å². The summed E-state index contributed by atoms with van der Waals surface area (Å²) in [5.41, 5.74) is 16.8. The van der Waals surface area contributed by atoms with Gasteiger partial charge in [0.15, 0.2) is 5.78 Å². The number of carbonyl (C=O) groups is 1. The van der Waals surface area contributed by atoms with Crippen molar-refractivity contribution in [1.82, 2.24) is 19.8 Å². The summed E-state index contributed by atoms with van der Waals surface area (Å²) in [6.45, 7) is 7.10. The maximum atomic E-state index is 17.3. The fourth-order valence-corrected chi connectivity index (χ4v) is 11.1. The van der Waals surface area contributed by atoms with Crippen LogP contribution < -0.4 is 9.80 Å². The molecule has 6 aromatic carbocycles. The normalized spacial score (nSPS) is 17.6. The number of rotatable bonds is 8. The minimum Gasteiger partial charge on any atom is -0.368 e. The Bertz CT molecular complexity index is 3030. The maximum absolute atomic E-state index is 17.3. The van der Waals surface area contributed by atoms with Crippen LogP contribution in [0.1, 0.15) is 67.7 Å². The van der Waals surface area contributed by atoms with Crippen LogP contribution in [0.3, 0.4) is 0 Å². The molecule has 8 aromatic rings. The van der Waals surface area contributed by atoms with Crippen molar-refractivity contribution >= 4 is 39.9 Å². The highest BCUT2D eigenvalue weighted by atomic mass is 16.1. The number of aryl methyl sites for hydroxylation is 2. The Kier molecular flexibility index (Phi) is 10.5. The van der Waals surface area contributed by atoms with Crippen molar-refractivity contribution in [2.45, 2.75) is 51.9 Å². The molecule has 332 valence electrons. The quantitative estimate of drug-likeness (QED) is 0.151. The molecule has 0 spiro atoms. The van der Waals surface area contributed by atoms with Gasteiger partial charge in [-0.2, -0.15) is 0 Å². The fourth-order valence-electron chi connectivity index (χ4n) is 11.1. The van der Waals surface area contributed by atoms with E-state index in [1.165, 1.54) is 33.4 Å². The highest BCUT2D eigenvalue weighted by molar-refractivity contribution is 6.45. The number of hydrogen-bond acceptors (Lipinski definition) is 7. The lowest BCUT2D eigenvalue weighted by Gasteiger charge is -2.47. The smallest absolute Gasteiger partial charge is 0.198 e. The molecule has 2 aromatic heterocycles. The first-order chi connectivity index (χ1) is 33.5. The van der Waals surface area contributed by atoms with E-state index in [0.29, 0.717) is 24.2 Å². The highest BCUT2D eigenvalue weighted by Crippen LogP contribution is 2.55. The zero-order valence-electron chi connectivity index (χ0n) is 38.5. The predicted molar refractivity (Wildman–Crippen MR) is 273 cm³/mol. The molecule has 0 aliphatic carbocycles. The Morgan fingerprint density at radius 1 is 0.441 bits per heavy atom. The van der Waals surface area contributed by atoms with Gasteiger partial charge >= 0.3 is 0 Å². The first-order valence-electron chi connectivity index (χ1n) is 23.9. The van der Waals surface area contributed by atoms with Gasteiger partial charge in [0.1, 0.15) is 23.7 Å². The molecular formula is C61H52N6O. The maximum Gasteiger partial charge on any atom is 0.198 e. The molecular weight excluding hydrogens is 833 g/mol. The van der Waals surface area contributed by atoms with E-state index < -0.39 is 0 Å². The molecule has 4 aliphatic heterocycles. The molecule has 0 radical (unpaired) electrons. The molecule has 68 heavy (non-hydrogen) atoms. The zero-order valence-corrected chi connectivity index (χ0v) is 38.5. The minimum absolute atomic E-state index is 0.0230. The Balaban J connectivity index is 1.18.